The molecule has 0 unspecified atom stereocenters. The van der Waals surface area contributed by atoms with E-state index in [1.54, 1.807) is 10.4 Å². The Morgan fingerprint density at radius 2 is 2.29 bits per heavy atom. The standard InChI is InChI=1S/C14H16N2S/c1-10-5-6-14(15-8-10)16-9-12-7-11-3-2-4-13(11)17-12/h5-8H,2-4,9H2,1H3,(H,15,16). The van der Waals surface area contributed by atoms with Gasteiger partial charge < -0.3 is 5.32 Å². The third kappa shape index (κ3) is 2.34. The van der Waals surface area contributed by atoms with Gasteiger partial charge in [0.25, 0.3) is 0 Å². The van der Waals surface area contributed by atoms with Crippen LogP contribution < -0.4 is 5.32 Å². The summed E-state index contributed by atoms with van der Waals surface area (Å²) in [7, 11) is 0. The molecule has 3 rings (SSSR count). The molecule has 2 heterocycles. The number of thiophene rings is 1. The number of pyridine rings is 1. The molecule has 88 valence electrons. The third-order valence-corrected chi connectivity index (χ3v) is 4.39. The van der Waals surface area contributed by atoms with Gasteiger partial charge in [0.1, 0.15) is 5.82 Å². The lowest BCUT2D eigenvalue weighted by atomic mass is 10.2. The summed E-state index contributed by atoms with van der Waals surface area (Å²) in [5.74, 6) is 0.962. The molecule has 2 aromatic heterocycles. The number of aryl methyl sites for hydroxylation is 3. The summed E-state index contributed by atoms with van der Waals surface area (Å²) in [5, 5.41) is 3.38. The van der Waals surface area contributed by atoms with Crippen molar-refractivity contribution in [2.24, 2.45) is 0 Å². The number of aromatic nitrogens is 1. The van der Waals surface area contributed by atoms with Crippen LogP contribution >= 0.6 is 11.3 Å². The number of anilines is 1. The molecule has 0 bridgehead atoms. The number of nitrogens with zero attached hydrogens (tertiary/aromatic N) is 1. The van der Waals surface area contributed by atoms with Crippen LogP contribution in [0.25, 0.3) is 0 Å². The molecule has 1 aliphatic carbocycles. The highest BCUT2D eigenvalue weighted by molar-refractivity contribution is 7.12. The van der Waals surface area contributed by atoms with Gasteiger partial charge in [-0.25, -0.2) is 4.98 Å². The molecule has 0 amide bonds. The van der Waals surface area contributed by atoms with Gasteiger partial charge in [-0.1, -0.05) is 6.07 Å². The van der Waals surface area contributed by atoms with Gasteiger partial charge in [-0.05, 0) is 49.4 Å². The average Bonchev–Trinajstić information content (AvgIpc) is 2.88. The van der Waals surface area contributed by atoms with Gasteiger partial charge in [-0.15, -0.1) is 11.3 Å². The first kappa shape index (κ1) is 10.8. The smallest absolute Gasteiger partial charge is 0.126 e. The number of hydrogen-bond donors (Lipinski definition) is 1. The fraction of sp³-hybridized carbons (Fsp3) is 0.357. The Labute approximate surface area is 106 Å². The van der Waals surface area contributed by atoms with Crippen LogP contribution in [-0.2, 0) is 19.4 Å². The lowest BCUT2D eigenvalue weighted by Gasteiger charge is -2.03. The van der Waals surface area contributed by atoms with Gasteiger partial charge in [0.15, 0.2) is 0 Å². The van der Waals surface area contributed by atoms with Gasteiger partial charge in [-0.3, -0.25) is 0 Å². The largest absolute Gasteiger partial charge is 0.365 e. The Morgan fingerprint density at radius 3 is 3.06 bits per heavy atom. The third-order valence-electron chi connectivity index (χ3n) is 3.15. The number of hydrogen-bond acceptors (Lipinski definition) is 3. The summed E-state index contributed by atoms with van der Waals surface area (Å²) >= 11 is 1.95. The average molecular weight is 244 g/mol. The Bertz CT molecular complexity index is 492. The fourth-order valence-corrected chi connectivity index (χ4v) is 3.43. The van der Waals surface area contributed by atoms with Crippen LogP contribution in [0.4, 0.5) is 5.82 Å². The van der Waals surface area contributed by atoms with Gasteiger partial charge >= 0.3 is 0 Å². The second-order valence-corrected chi connectivity index (χ2v) is 5.81. The van der Waals surface area contributed by atoms with E-state index < -0.39 is 0 Å². The van der Waals surface area contributed by atoms with Crippen molar-refractivity contribution >= 4 is 17.2 Å². The molecule has 2 nitrogen and oxygen atoms in total. The molecule has 1 N–H and O–H groups in total. The molecule has 0 saturated carbocycles. The summed E-state index contributed by atoms with van der Waals surface area (Å²) in [5.41, 5.74) is 2.77. The molecule has 1 aliphatic rings. The molecule has 2 aromatic rings. The number of nitrogens with one attached hydrogen (secondary N) is 1. The first-order chi connectivity index (χ1) is 8.31. The summed E-state index contributed by atoms with van der Waals surface area (Å²) in [6, 6.07) is 6.48. The normalized spacial score (nSPS) is 13.7. The SMILES string of the molecule is Cc1ccc(NCc2cc3c(s2)CCC3)nc1. The molecule has 0 saturated heterocycles. The van der Waals surface area contributed by atoms with E-state index in [1.165, 1.54) is 29.7 Å². The van der Waals surface area contributed by atoms with E-state index in [2.05, 4.69) is 29.4 Å². The lowest BCUT2D eigenvalue weighted by Crippen LogP contribution is -1.99. The van der Waals surface area contributed by atoms with E-state index in [4.69, 9.17) is 0 Å². The summed E-state index contributed by atoms with van der Waals surface area (Å²) in [4.78, 5) is 7.37. The van der Waals surface area contributed by atoms with E-state index >= 15 is 0 Å². The van der Waals surface area contributed by atoms with Gasteiger partial charge in [0, 0.05) is 16.0 Å². The number of fused-ring (bicyclic) bond motifs is 1. The molecule has 0 aromatic carbocycles. The fourth-order valence-electron chi connectivity index (χ4n) is 2.23. The Kier molecular flexibility index (Phi) is 2.85. The van der Waals surface area contributed by atoms with E-state index in [1.807, 2.05) is 23.6 Å². The van der Waals surface area contributed by atoms with E-state index in [0.29, 0.717) is 0 Å². The first-order valence-corrected chi connectivity index (χ1v) is 6.90. The quantitative estimate of drug-likeness (QED) is 0.893. The topological polar surface area (TPSA) is 24.9 Å². The molecule has 0 fully saturated rings. The summed E-state index contributed by atoms with van der Waals surface area (Å²) in [6.45, 7) is 2.95. The van der Waals surface area contributed by atoms with Crippen molar-refractivity contribution in [3.05, 3.63) is 45.3 Å². The van der Waals surface area contributed by atoms with Crippen LogP contribution in [0.2, 0.25) is 0 Å². The van der Waals surface area contributed by atoms with Crippen LogP contribution in [0.3, 0.4) is 0 Å². The van der Waals surface area contributed by atoms with Crippen LogP contribution in [0.1, 0.15) is 27.3 Å². The maximum absolute atomic E-state index is 4.35. The zero-order chi connectivity index (χ0) is 11.7. The Morgan fingerprint density at radius 1 is 1.35 bits per heavy atom. The van der Waals surface area contributed by atoms with Crippen LogP contribution in [0.5, 0.6) is 0 Å². The van der Waals surface area contributed by atoms with Gasteiger partial charge in [-0.2, -0.15) is 0 Å². The van der Waals surface area contributed by atoms with Crippen molar-refractivity contribution in [3.63, 3.8) is 0 Å². The maximum atomic E-state index is 4.35. The monoisotopic (exact) mass is 244 g/mol. The molecular weight excluding hydrogens is 228 g/mol. The summed E-state index contributed by atoms with van der Waals surface area (Å²) in [6.07, 6.45) is 5.79. The van der Waals surface area contributed by atoms with Crippen molar-refractivity contribution < 1.29 is 0 Å². The molecule has 0 spiro atoms. The van der Waals surface area contributed by atoms with Crippen molar-refractivity contribution in [1.29, 1.82) is 0 Å². The van der Waals surface area contributed by atoms with Crippen molar-refractivity contribution in [3.8, 4) is 0 Å². The Balaban J connectivity index is 1.65. The highest BCUT2D eigenvalue weighted by Crippen LogP contribution is 2.30. The molecular formula is C14H16N2S. The minimum Gasteiger partial charge on any atom is -0.365 e. The van der Waals surface area contributed by atoms with E-state index in [-0.39, 0.29) is 0 Å². The van der Waals surface area contributed by atoms with Gasteiger partial charge in [0.05, 0.1) is 6.54 Å². The van der Waals surface area contributed by atoms with Crippen LogP contribution in [0, 0.1) is 6.92 Å². The molecule has 0 atom stereocenters. The molecule has 3 heteroatoms. The van der Waals surface area contributed by atoms with Crippen molar-refractivity contribution in [2.45, 2.75) is 32.7 Å². The summed E-state index contributed by atoms with van der Waals surface area (Å²) < 4.78 is 0. The minimum absolute atomic E-state index is 0.897. The molecule has 17 heavy (non-hydrogen) atoms. The van der Waals surface area contributed by atoms with Crippen molar-refractivity contribution in [1.82, 2.24) is 4.98 Å². The predicted molar refractivity (Wildman–Crippen MR) is 72.6 cm³/mol. The zero-order valence-electron chi connectivity index (χ0n) is 9.99. The lowest BCUT2D eigenvalue weighted by molar-refractivity contribution is 0.913. The second kappa shape index (κ2) is 4.49. The number of rotatable bonds is 3. The molecule has 0 aliphatic heterocycles. The van der Waals surface area contributed by atoms with Crippen molar-refractivity contribution in [2.75, 3.05) is 5.32 Å². The Hall–Kier alpha value is -1.35. The van der Waals surface area contributed by atoms with E-state index in [9.17, 15) is 0 Å². The van der Waals surface area contributed by atoms with Crippen LogP contribution in [-0.4, -0.2) is 4.98 Å². The first-order valence-electron chi connectivity index (χ1n) is 6.08. The molecule has 0 radical (unpaired) electrons. The second-order valence-electron chi connectivity index (χ2n) is 4.59. The van der Waals surface area contributed by atoms with E-state index in [0.717, 1.165) is 12.4 Å². The zero-order valence-corrected chi connectivity index (χ0v) is 10.8. The maximum Gasteiger partial charge on any atom is 0.126 e. The predicted octanol–water partition coefficient (Wildman–Crippen LogP) is 3.55. The minimum atomic E-state index is 0.897. The van der Waals surface area contributed by atoms with Crippen LogP contribution in [0.15, 0.2) is 24.4 Å². The van der Waals surface area contributed by atoms with Gasteiger partial charge in [0.2, 0.25) is 0 Å². The highest BCUT2D eigenvalue weighted by Gasteiger charge is 2.14. The highest BCUT2D eigenvalue weighted by atomic mass is 32.1.